The minimum atomic E-state index is 0.648. The predicted molar refractivity (Wildman–Crippen MR) is 80.4 cm³/mol. The van der Waals surface area contributed by atoms with Crippen LogP contribution in [0.3, 0.4) is 0 Å². The Morgan fingerprint density at radius 3 is 2.58 bits per heavy atom. The molecule has 0 saturated carbocycles. The van der Waals surface area contributed by atoms with Crippen molar-refractivity contribution in [2.24, 2.45) is 5.92 Å². The maximum absolute atomic E-state index is 4.29. The second kappa shape index (κ2) is 7.46. The van der Waals surface area contributed by atoms with E-state index in [2.05, 4.69) is 33.9 Å². The first-order valence-electron chi connectivity index (χ1n) is 7.37. The van der Waals surface area contributed by atoms with Crippen LogP contribution in [0.15, 0.2) is 24.4 Å². The molecule has 1 aromatic heterocycles. The van der Waals surface area contributed by atoms with Gasteiger partial charge in [0.2, 0.25) is 0 Å². The number of rotatable bonds is 6. The monoisotopic (exact) mass is 262 g/mol. The van der Waals surface area contributed by atoms with Gasteiger partial charge in [0, 0.05) is 45.5 Å². The van der Waals surface area contributed by atoms with Crippen LogP contribution < -0.4 is 5.32 Å². The minimum absolute atomic E-state index is 0.648. The van der Waals surface area contributed by atoms with Gasteiger partial charge in [0.15, 0.2) is 0 Å². The molecule has 0 spiro atoms. The molecular formula is C15H26N4. The third-order valence-electron chi connectivity index (χ3n) is 3.78. The predicted octanol–water partition coefficient (Wildman–Crippen LogP) is 1.77. The number of likely N-dealkylation sites (N-methyl/N-ethyl adjacent to an activating group) is 1. The van der Waals surface area contributed by atoms with Gasteiger partial charge in [-0.05, 0) is 24.6 Å². The van der Waals surface area contributed by atoms with Crippen molar-refractivity contribution < 1.29 is 0 Å². The van der Waals surface area contributed by atoms with Crippen molar-refractivity contribution in [3.63, 3.8) is 0 Å². The Hall–Kier alpha value is -1.13. The lowest BCUT2D eigenvalue weighted by Gasteiger charge is -2.35. The Balaban J connectivity index is 1.66. The molecule has 4 nitrogen and oxygen atoms in total. The summed E-state index contributed by atoms with van der Waals surface area (Å²) in [7, 11) is 0. The molecule has 1 aliphatic heterocycles. The number of pyridine rings is 1. The highest BCUT2D eigenvalue weighted by molar-refractivity contribution is 5.32. The third-order valence-corrected chi connectivity index (χ3v) is 3.78. The molecule has 106 valence electrons. The molecule has 0 bridgehead atoms. The molecule has 1 fully saturated rings. The van der Waals surface area contributed by atoms with Gasteiger partial charge in [-0.3, -0.25) is 0 Å². The molecule has 2 heterocycles. The van der Waals surface area contributed by atoms with E-state index in [0.717, 1.165) is 12.4 Å². The first kappa shape index (κ1) is 14.3. The highest BCUT2D eigenvalue weighted by Crippen LogP contribution is 2.07. The summed E-state index contributed by atoms with van der Waals surface area (Å²) in [6, 6.07) is 5.98. The summed E-state index contributed by atoms with van der Waals surface area (Å²) in [5.41, 5.74) is 0. The Morgan fingerprint density at radius 1 is 1.21 bits per heavy atom. The molecule has 0 amide bonds. The van der Waals surface area contributed by atoms with Crippen LogP contribution in [-0.4, -0.2) is 60.6 Å². The van der Waals surface area contributed by atoms with Crippen molar-refractivity contribution in [3.8, 4) is 0 Å². The van der Waals surface area contributed by atoms with Crippen molar-refractivity contribution in [1.82, 2.24) is 14.8 Å². The van der Waals surface area contributed by atoms with Gasteiger partial charge in [0.25, 0.3) is 0 Å². The summed E-state index contributed by atoms with van der Waals surface area (Å²) in [6.07, 6.45) is 1.83. The lowest BCUT2D eigenvalue weighted by atomic mass is 10.1. The lowest BCUT2D eigenvalue weighted by molar-refractivity contribution is 0.126. The summed E-state index contributed by atoms with van der Waals surface area (Å²) < 4.78 is 0. The highest BCUT2D eigenvalue weighted by atomic mass is 15.3. The van der Waals surface area contributed by atoms with Crippen LogP contribution in [0.2, 0.25) is 0 Å². The zero-order valence-corrected chi connectivity index (χ0v) is 12.2. The number of hydrogen-bond acceptors (Lipinski definition) is 4. The van der Waals surface area contributed by atoms with E-state index in [1.165, 1.54) is 39.3 Å². The molecule has 4 heteroatoms. The van der Waals surface area contributed by atoms with Crippen molar-refractivity contribution in [1.29, 1.82) is 0 Å². The Morgan fingerprint density at radius 2 is 1.95 bits per heavy atom. The van der Waals surface area contributed by atoms with E-state index in [4.69, 9.17) is 0 Å². The SMILES string of the molecule is CCN1CCN(C[C@H](C)CNc2ccccn2)CC1. The van der Waals surface area contributed by atoms with Crippen molar-refractivity contribution >= 4 is 5.82 Å². The molecule has 1 aromatic rings. The Kier molecular flexibility index (Phi) is 5.61. The number of piperazine rings is 1. The Labute approximate surface area is 116 Å². The van der Waals surface area contributed by atoms with Crippen LogP contribution >= 0.6 is 0 Å². The fourth-order valence-corrected chi connectivity index (χ4v) is 2.54. The first-order valence-corrected chi connectivity index (χ1v) is 7.37. The zero-order valence-electron chi connectivity index (χ0n) is 12.2. The largest absolute Gasteiger partial charge is 0.370 e. The molecular weight excluding hydrogens is 236 g/mol. The van der Waals surface area contributed by atoms with Gasteiger partial charge in [0.05, 0.1) is 0 Å². The van der Waals surface area contributed by atoms with Crippen molar-refractivity contribution in [3.05, 3.63) is 24.4 Å². The number of aromatic nitrogens is 1. The van der Waals surface area contributed by atoms with Gasteiger partial charge in [-0.2, -0.15) is 0 Å². The van der Waals surface area contributed by atoms with Gasteiger partial charge >= 0.3 is 0 Å². The average molecular weight is 262 g/mol. The molecule has 0 radical (unpaired) electrons. The third kappa shape index (κ3) is 4.80. The second-order valence-corrected chi connectivity index (χ2v) is 5.44. The van der Waals surface area contributed by atoms with Crippen LogP contribution in [0, 0.1) is 5.92 Å². The highest BCUT2D eigenvalue weighted by Gasteiger charge is 2.17. The molecule has 0 unspecified atom stereocenters. The number of hydrogen-bond donors (Lipinski definition) is 1. The van der Waals surface area contributed by atoms with Crippen LogP contribution in [-0.2, 0) is 0 Å². The van der Waals surface area contributed by atoms with Crippen LogP contribution in [0.25, 0.3) is 0 Å². The quantitative estimate of drug-likeness (QED) is 0.846. The minimum Gasteiger partial charge on any atom is -0.370 e. The summed E-state index contributed by atoms with van der Waals surface area (Å²) >= 11 is 0. The zero-order chi connectivity index (χ0) is 13.5. The van der Waals surface area contributed by atoms with Gasteiger partial charge in [-0.15, -0.1) is 0 Å². The summed E-state index contributed by atoms with van der Waals surface area (Å²) in [4.78, 5) is 9.39. The normalized spacial score (nSPS) is 19.3. The Bertz CT molecular complexity index is 346. The number of nitrogens with one attached hydrogen (secondary N) is 1. The summed E-state index contributed by atoms with van der Waals surface area (Å²) in [5, 5.41) is 3.41. The smallest absolute Gasteiger partial charge is 0.125 e. The topological polar surface area (TPSA) is 31.4 Å². The van der Waals surface area contributed by atoms with Gasteiger partial charge < -0.3 is 15.1 Å². The standard InChI is InChI=1S/C15H26N4/c1-3-18-8-10-19(11-9-18)13-14(2)12-17-15-6-4-5-7-16-15/h4-7,14H,3,8-13H2,1-2H3,(H,16,17)/t14-/m1/s1. The van der Waals surface area contributed by atoms with Crippen LogP contribution in [0.5, 0.6) is 0 Å². The second-order valence-electron chi connectivity index (χ2n) is 5.44. The van der Waals surface area contributed by atoms with Gasteiger partial charge in [0.1, 0.15) is 5.82 Å². The van der Waals surface area contributed by atoms with E-state index >= 15 is 0 Å². The van der Waals surface area contributed by atoms with E-state index in [1.54, 1.807) is 0 Å². The maximum Gasteiger partial charge on any atom is 0.125 e. The number of nitrogens with zero attached hydrogens (tertiary/aromatic N) is 3. The lowest BCUT2D eigenvalue weighted by Crippen LogP contribution is -2.47. The van der Waals surface area contributed by atoms with E-state index in [9.17, 15) is 0 Å². The van der Waals surface area contributed by atoms with Crippen molar-refractivity contribution in [2.45, 2.75) is 13.8 Å². The van der Waals surface area contributed by atoms with Crippen LogP contribution in [0.4, 0.5) is 5.82 Å². The first-order chi connectivity index (χ1) is 9.28. The van der Waals surface area contributed by atoms with E-state index in [-0.39, 0.29) is 0 Å². The molecule has 1 saturated heterocycles. The molecule has 19 heavy (non-hydrogen) atoms. The molecule has 2 rings (SSSR count). The summed E-state index contributed by atoms with van der Waals surface area (Å²) in [6.45, 7) is 12.8. The van der Waals surface area contributed by atoms with Crippen molar-refractivity contribution in [2.75, 3.05) is 51.1 Å². The van der Waals surface area contributed by atoms with Gasteiger partial charge in [-0.25, -0.2) is 4.98 Å². The molecule has 1 atom stereocenters. The molecule has 0 aromatic carbocycles. The van der Waals surface area contributed by atoms with E-state index in [1.807, 2.05) is 24.4 Å². The maximum atomic E-state index is 4.29. The van der Waals surface area contributed by atoms with E-state index in [0.29, 0.717) is 5.92 Å². The fraction of sp³-hybridized carbons (Fsp3) is 0.667. The molecule has 1 aliphatic rings. The summed E-state index contributed by atoms with van der Waals surface area (Å²) in [5.74, 6) is 1.63. The fourth-order valence-electron chi connectivity index (χ4n) is 2.54. The number of anilines is 1. The molecule has 1 N–H and O–H groups in total. The average Bonchev–Trinajstić information content (AvgIpc) is 2.47. The molecule has 0 aliphatic carbocycles. The van der Waals surface area contributed by atoms with Gasteiger partial charge in [-0.1, -0.05) is 19.9 Å². The van der Waals surface area contributed by atoms with E-state index < -0.39 is 0 Å². The van der Waals surface area contributed by atoms with Crippen LogP contribution in [0.1, 0.15) is 13.8 Å².